The van der Waals surface area contributed by atoms with Gasteiger partial charge in [0.05, 0.1) is 19.2 Å². The van der Waals surface area contributed by atoms with Crippen LogP contribution in [0.4, 0.5) is 0 Å². The predicted molar refractivity (Wildman–Crippen MR) is 70.9 cm³/mol. The summed E-state index contributed by atoms with van der Waals surface area (Å²) in [7, 11) is 0. The van der Waals surface area contributed by atoms with Crippen LogP contribution in [0.1, 0.15) is 19.4 Å². The predicted octanol–water partition coefficient (Wildman–Crippen LogP) is 2.47. The summed E-state index contributed by atoms with van der Waals surface area (Å²) < 4.78 is 11.5. The number of hydrogen-bond donors (Lipinski definition) is 0. The molecule has 2 aliphatic heterocycles. The summed E-state index contributed by atoms with van der Waals surface area (Å²) in [5.41, 5.74) is 1.22. The van der Waals surface area contributed by atoms with E-state index in [0.717, 1.165) is 6.54 Å². The fourth-order valence-corrected chi connectivity index (χ4v) is 2.46. The van der Waals surface area contributed by atoms with Crippen molar-refractivity contribution in [3.05, 3.63) is 48.2 Å². The molecule has 2 heterocycles. The lowest BCUT2D eigenvalue weighted by Gasteiger charge is -2.27. The van der Waals surface area contributed by atoms with E-state index in [9.17, 15) is 0 Å². The van der Waals surface area contributed by atoms with Gasteiger partial charge in [-0.1, -0.05) is 30.3 Å². The maximum absolute atomic E-state index is 5.91. The van der Waals surface area contributed by atoms with Crippen LogP contribution in [-0.4, -0.2) is 29.6 Å². The van der Waals surface area contributed by atoms with Gasteiger partial charge < -0.3 is 14.3 Å². The van der Waals surface area contributed by atoms with Crippen molar-refractivity contribution < 1.29 is 14.3 Å². The minimum atomic E-state index is -0.500. The van der Waals surface area contributed by atoms with Crippen molar-refractivity contribution in [3.63, 3.8) is 0 Å². The molecule has 0 spiro atoms. The van der Waals surface area contributed by atoms with Gasteiger partial charge >= 0.3 is 0 Å². The lowest BCUT2D eigenvalue weighted by molar-refractivity contribution is -0.171. The topological polar surface area (TPSA) is 30.9 Å². The van der Waals surface area contributed by atoms with Crippen molar-refractivity contribution in [1.29, 1.82) is 0 Å². The van der Waals surface area contributed by atoms with E-state index in [1.54, 1.807) is 6.26 Å². The van der Waals surface area contributed by atoms with E-state index in [4.69, 9.17) is 14.3 Å². The molecule has 1 fully saturated rings. The van der Waals surface area contributed by atoms with Gasteiger partial charge in [0.2, 0.25) is 0 Å². The van der Waals surface area contributed by atoms with Gasteiger partial charge in [0, 0.05) is 0 Å². The van der Waals surface area contributed by atoms with Crippen LogP contribution in [0.25, 0.3) is 0 Å². The Morgan fingerprint density at radius 1 is 1.26 bits per heavy atom. The van der Waals surface area contributed by atoms with E-state index in [1.807, 2.05) is 43.2 Å². The molecule has 0 radical (unpaired) electrons. The fraction of sp³-hybridized carbons (Fsp3) is 0.467. The number of ether oxygens (including phenoxy) is 2. The van der Waals surface area contributed by atoms with Crippen molar-refractivity contribution >= 4 is 0 Å². The molecule has 0 saturated carbocycles. The molecule has 3 rings (SSSR count). The minimum Gasteiger partial charge on any atom is -0.413 e. The highest BCUT2D eigenvalue weighted by molar-refractivity contribution is 5.15. The molecule has 2 atom stereocenters. The van der Waals surface area contributed by atoms with E-state index >= 15 is 0 Å². The van der Waals surface area contributed by atoms with Gasteiger partial charge in [-0.05, 0) is 25.5 Å². The molecule has 0 amide bonds. The number of nitrogens with zero attached hydrogens (tertiary/aromatic N) is 1. The number of hydroxylamine groups is 2. The fourth-order valence-electron chi connectivity index (χ4n) is 2.46. The highest BCUT2D eigenvalue weighted by Crippen LogP contribution is 2.29. The molecule has 19 heavy (non-hydrogen) atoms. The Labute approximate surface area is 113 Å². The van der Waals surface area contributed by atoms with Crippen LogP contribution in [0.15, 0.2) is 42.7 Å². The van der Waals surface area contributed by atoms with Crippen molar-refractivity contribution in [2.24, 2.45) is 0 Å². The summed E-state index contributed by atoms with van der Waals surface area (Å²) in [6, 6.07) is 10.4. The van der Waals surface area contributed by atoms with Crippen molar-refractivity contribution in [3.8, 4) is 0 Å². The molecule has 102 valence electrons. The first kappa shape index (κ1) is 12.7. The third-order valence-electron chi connectivity index (χ3n) is 3.40. The first-order valence-corrected chi connectivity index (χ1v) is 6.60. The lowest BCUT2D eigenvalue weighted by atomic mass is 10.1. The largest absolute Gasteiger partial charge is 0.413 e. The smallest absolute Gasteiger partial charge is 0.163 e. The molecule has 0 N–H and O–H groups in total. The summed E-state index contributed by atoms with van der Waals surface area (Å²) >= 11 is 0. The van der Waals surface area contributed by atoms with Gasteiger partial charge in [0.15, 0.2) is 5.79 Å². The molecule has 4 nitrogen and oxygen atoms in total. The van der Waals surface area contributed by atoms with E-state index in [2.05, 4.69) is 12.1 Å². The monoisotopic (exact) mass is 261 g/mol. The molecule has 1 saturated heterocycles. The van der Waals surface area contributed by atoms with E-state index < -0.39 is 5.79 Å². The van der Waals surface area contributed by atoms with Crippen molar-refractivity contribution in [1.82, 2.24) is 5.06 Å². The van der Waals surface area contributed by atoms with Crippen LogP contribution in [-0.2, 0) is 20.9 Å². The molecule has 0 bridgehead atoms. The van der Waals surface area contributed by atoms with Crippen LogP contribution < -0.4 is 0 Å². The third-order valence-corrected chi connectivity index (χ3v) is 3.40. The lowest BCUT2D eigenvalue weighted by Crippen LogP contribution is -2.40. The Morgan fingerprint density at radius 3 is 2.74 bits per heavy atom. The van der Waals surface area contributed by atoms with E-state index in [1.165, 1.54) is 5.56 Å². The van der Waals surface area contributed by atoms with Crippen LogP contribution in [0, 0.1) is 0 Å². The standard InChI is InChI=1S/C15H19NO3/c1-15(2)17-11-14(19-15)13-8-9-18-16(13)10-12-6-4-3-5-7-12/h3-9,13-14H,10-11H2,1-2H3/t13-,14-/m1/s1. The van der Waals surface area contributed by atoms with Crippen LogP contribution >= 0.6 is 0 Å². The van der Waals surface area contributed by atoms with Crippen molar-refractivity contribution in [2.75, 3.05) is 6.61 Å². The average Bonchev–Trinajstić information content (AvgIpc) is 2.97. The summed E-state index contributed by atoms with van der Waals surface area (Å²) in [5, 5.41) is 1.94. The maximum atomic E-state index is 5.91. The van der Waals surface area contributed by atoms with Crippen LogP contribution in [0.2, 0.25) is 0 Å². The number of benzene rings is 1. The Balaban J connectivity index is 1.67. The van der Waals surface area contributed by atoms with Crippen LogP contribution in [0.5, 0.6) is 0 Å². The summed E-state index contributed by atoms with van der Waals surface area (Å²) in [4.78, 5) is 5.57. The SMILES string of the molecule is CC1(C)OC[C@H]([C@H]2C=CON2Cc2ccccc2)O1. The van der Waals surface area contributed by atoms with Gasteiger partial charge in [-0.2, -0.15) is 0 Å². The Kier molecular flexibility index (Phi) is 3.31. The average molecular weight is 261 g/mol. The second kappa shape index (κ2) is 4.96. The van der Waals surface area contributed by atoms with E-state index in [0.29, 0.717) is 6.61 Å². The van der Waals surface area contributed by atoms with Gasteiger partial charge in [-0.3, -0.25) is 0 Å². The van der Waals surface area contributed by atoms with Gasteiger partial charge in [-0.25, -0.2) is 0 Å². The molecular weight excluding hydrogens is 242 g/mol. The zero-order valence-corrected chi connectivity index (χ0v) is 11.3. The second-order valence-corrected chi connectivity index (χ2v) is 5.35. The Bertz CT molecular complexity index is 458. The highest BCUT2D eigenvalue weighted by Gasteiger charge is 2.40. The maximum Gasteiger partial charge on any atom is 0.163 e. The molecule has 0 aliphatic carbocycles. The summed E-state index contributed by atoms with van der Waals surface area (Å²) in [6.45, 7) is 5.21. The second-order valence-electron chi connectivity index (χ2n) is 5.35. The third kappa shape index (κ3) is 2.81. The van der Waals surface area contributed by atoms with E-state index in [-0.39, 0.29) is 12.1 Å². The van der Waals surface area contributed by atoms with Crippen LogP contribution in [0.3, 0.4) is 0 Å². The number of rotatable bonds is 3. The first-order chi connectivity index (χ1) is 9.14. The molecule has 4 heteroatoms. The summed E-state index contributed by atoms with van der Waals surface area (Å²) in [6.07, 6.45) is 3.76. The zero-order chi connectivity index (χ0) is 13.3. The Morgan fingerprint density at radius 2 is 2.05 bits per heavy atom. The summed E-state index contributed by atoms with van der Waals surface area (Å²) in [5.74, 6) is -0.500. The van der Waals surface area contributed by atoms with Gasteiger partial charge in [0.1, 0.15) is 12.4 Å². The normalized spacial score (nSPS) is 29.6. The molecule has 1 aromatic carbocycles. The molecule has 0 aromatic heterocycles. The zero-order valence-electron chi connectivity index (χ0n) is 11.3. The molecular formula is C15H19NO3. The van der Waals surface area contributed by atoms with Crippen molar-refractivity contribution in [2.45, 2.75) is 38.3 Å². The first-order valence-electron chi connectivity index (χ1n) is 6.60. The highest BCUT2D eigenvalue weighted by atomic mass is 16.7. The molecule has 0 unspecified atom stereocenters. The van der Waals surface area contributed by atoms with Gasteiger partial charge in [0.25, 0.3) is 0 Å². The Hall–Kier alpha value is -1.36. The van der Waals surface area contributed by atoms with Gasteiger partial charge in [-0.15, -0.1) is 5.06 Å². The minimum absolute atomic E-state index is 0.0115. The number of hydrogen-bond acceptors (Lipinski definition) is 4. The molecule has 2 aliphatic rings. The quantitative estimate of drug-likeness (QED) is 0.836. The molecule has 1 aromatic rings.